The minimum Gasteiger partial charge on any atom is -0.495 e. The van der Waals surface area contributed by atoms with Gasteiger partial charge in [0.15, 0.2) is 5.16 Å². The molecule has 2 atom stereocenters. The van der Waals surface area contributed by atoms with E-state index in [1.807, 2.05) is 58.9 Å². The summed E-state index contributed by atoms with van der Waals surface area (Å²) in [5.74, 6) is 0.808. The van der Waals surface area contributed by atoms with E-state index in [1.165, 1.54) is 17.3 Å². The Morgan fingerprint density at radius 3 is 2.68 bits per heavy atom. The number of nitrogens with zero attached hydrogens (tertiary/aromatic N) is 4. The molecule has 1 aromatic heterocycles. The van der Waals surface area contributed by atoms with Crippen LogP contribution in [0.4, 0.5) is 5.69 Å². The van der Waals surface area contributed by atoms with Gasteiger partial charge >= 0.3 is 0 Å². The summed E-state index contributed by atoms with van der Waals surface area (Å²) < 4.78 is 7.31. The maximum Gasteiger partial charge on any atom is 0.240 e. The van der Waals surface area contributed by atoms with Gasteiger partial charge in [0.1, 0.15) is 12.1 Å². The Bertz CT molecular complexity index is 1000. The first-order valence-corrected chi connectivity index (χ1v) is 10.1. The van der Waals surface area contributed by atoms with E-state index in [1.54, 1.807) is 13.4 Å². The number of carbonyl (C=O) groups is 1. The first-order chi connectivity index (χ1) is 13.6. The molecule has 0 aliphatic carbocycles. The SMILES string of the molecule is COc1ccccc1-n1cnnc1S[C@@H](C)C(=O)N1c2ccccc2C[C@@H]1C. The van der Waals surface area contributed by atoms with Crippen LogP contribution < -0.4 is 9.64 Å². The molecule has 0 fully saturated rings. The predicted molar refractivity (Wildman–Crippen MR) is 110 cm³/mol. The number of methoxy groups -OCH3 is 1. The van der Waals surface area contributed by atoms with Crippen LogP contribution in [0.5, 0.6) is 5.75 Å². The first-order valence-electron chi connectivity index (χ1n) is 9.21. The van der Waals surface area contributed by atoms with Gasteiger partial charge in [-0.15, -0.1) is 10.2 Å². The maximum atomic E-state index is 13.2. The zero-order valence-corrected chi connectivity index (χ0v) is 16.9. The molecule has 1 aliphatic heterocycles. The second-order valence-electron chi connectivity index (χ2n) is 6.81. The Balaban J connectivity index is 1.58. The summed E-state index contributed by atoms with van der Waals surface area (Å²) in [5.41, 5.74) is 3.08. The summed E-state index contributed by atoms with van der Waals surface area (Å²) >= 11 is 1.41. The molecule has 0 bridgehead atoms. The van der Waals surface area contributed by atoms with Crippen LogP contribution in [0, 0.1) is 0 Å². The largest absolute Gasteiger partial charge is 0.495 e. The van der Waals surface area contributed by atoms with Crippen LogP contribution in [0.3, 0.4) is 0 Å². The molecule has 3 aromatic rings. The van der Waals surface area contributed by atoms with Gasteiger partial charge in [-0.3, -0.25) is 9.36 Å². The van der Waals surface area contributed by atoms with Crippen molar-refractivity contribution < 1.29 is 9.53 Å². The van der Waals surface area contributed by atoms with E-state index in [4.69, 9.17) is 4.74 Å². The summed E-state index contributed by atoms with van der Waals surface area (Å²) in [7, 11) is 1.63. The normalized spacial score (nSPS) is 16.7. The van der Waals surface area contributed by atoms with Gasteiger partial charge in [0.2, 0.25) is 5.91 Å². The fraction of sp³-hybridized carbons (Fsp3) is 0.286. The number of carbonyl (C=O) groups excluding carboxylic acids is 1. The maximum absolute atomic E-state index is 13.2. The molecule has 2 aromatic carbocycles. The molecule has 1 amide bonds. The third kappa shape index (κ3) is 3.26. The van der Waals surface area contributed by atoms with Gasteiger partial charge in [-0.2, -0.15) is 0 Å². The standard InChI is InChI=1S/C21H22N4O2S/c1-14-12-16-8-4-5-9-17(16)25(14)20(26)15(2)28-21-23-22-13-24(21)18-10-6-7-11-19(18)27-3/h4-11,13-15H,12H2,1-3H3/t14-,15-/m0/s1. The molecule has 28 heavy (non-hydrogen) atoms. The molecule has 0 spiro atoms. The number of para-hydroxylation sites is 3. The smallest absolute Gasteiger partial charge is 0.240 e. The molecule has 0 N–H and O–H groups in total. The van der Waals surface area contributed by atoms with Crippen molar-refractivity contribution in [1.82, 2.24) is 14.8 Å². The molecule has 0 unspecified atom stereocenters. The van der Waals surface area contributed by atoms with Crippen molar-refractivity contribution in [2.45, 2.75) is 36.7 Å². The number of hydrogen-bond acceptors (Lipinski definition) is 5. The zero-order valence-electron chi connectivity index (χ0n) is 16.1. The Labute approximate surface area is 168 Å². The highest BCUT2D eigenvalue weighted by molar-refractivity contribution is 8.00. The molecule has 0 radical (unpaired) electrons. The van der Waals surface area contributed by atoms with Crippen molar-refractivity contribution in [3.63, 3.8) is 0 Å². The van der Waals surface area contributed by atoms with Crippen LogP contribution in [-0.2, 0) is 11.2 Å². The van der Waals surface area contributed by atoms with E-state index in [2.05, 4.69) is 23.2 Å². The van der Waals surface area contributed by atoms with Crippen molar-refractivity contribution >= 4 is 23.4 Å². The minimum absolute atomic E-state index is 0.0806. The second-order valence-corrected chi connectivity index (χ2v) is 8.11. The summed E-state index contributed by atoms with van der Waals surface area (Å²) in [5, 5.41) is 8.63. The molecule has 0 saturated carbocycles. The third-order valence-electron chi connectivity index (χ3n) is 4.94. The molecule has 6 nitrogen and oxygen atoms in total. The van der Waals surface area contributed by atoms with E-state index >= 15 is 0 Å². The summed E-state index contributed by atoms with van der Waals surface area (Å²) in [4.78, 5) is 15.2. The number of rotatable bonds is 5. The van der Waals surface area contributed by atoms with Crippen molar-refractivity contribution in [1.29, 1.82) is 0 Å². The van der Waals surface area contributed by atoms with Crippen LogP contribution in [0.2, 0.25) is 0 Å². The number of hydrogen-bond donors (Lipinski definition) is 0. The highest BCUT2D eigenvalue weighted by Gasteiger charge is 2.34. The molecule has 4 rings (SSSR count). The monoisotopic (exact) mass is 394 g/mol. The van der Waals surface area contributed by atoms with Gasteiger partial charge in [-0.1, -0.05) is 42.1 Å². The third-order valence-corrected chi connectivity index (χ3v) is 5.98. The topological polar surface area (TPSA) is 60.2 Å². The Morgan fingerprint density at radius 2 is 1.89 bits per heavy atom. The number of fused-ring (bicyclic) bond motifs is 1. The minimum atomic E-state index is -0.300. The Hall–Kier alpha value is -2.80. The first kappa shape index (κ1) is 18.6. The van der Waals surface area contributed by atoms with Gasteiger partial charge in [0.25, 0.3) is 0 Å². The van der Waals surface area contributed by atoms with Gasteiger partial charge in [-0.25, -0.2) is 0 Å². The Kier molecular flexibility index (Phi) is 5.09. The van der Waals surface area contributed by atoms with E-state index < -0.39 is 0 Å². The highest BCUT2D eigenvalue weighted by atomic mass is 32.2. The lowest BCUT2D eigenvalue weighted by Gasteiger charge is -2.25. The average Bonchev–Trinajstić information content (AvgIpc) is 3.30. The summed E-state index contributed by atoms with van der Waals surface area (Å²) in [6.07, 6.45) is 2.53. The number of amides is 1. The average molecular weight is 395 g/mol. The van der Waals surface area contributed by atoms with Gasteiger partial charge < -0.3 is 9.64 Å². The van der Waals surface area contributed by atoms with Crippen LogP contribution in [0.15, 0.2) is 60.0 Å². The van der Waals surface area contributed by atoms with E-state index in [9.17, 15) is 4.79 Å². The summed E-state index contributed by atoms with van der Waals surface area (Å²) in [6.45, 7) is 4.01. The molecular weight excluding hydrogens is 372 g/mol. The van der Waals surface area contributed by atoms with Gasteiger partial charge in [0, 0.05) is 11.7 Å². The fourth-order valence-electron chi connectivity index (χ4n) is 3.60. The zero-order chi connectivity index (χ0) is 19.7. The lowest BCUT2D eigenvalue weighted by molar-refractivity contribution is -0.118. The Morgan fingerprint density at radius 1 is 1.18 bits per heavy atom. The van der Waals surface area contributed by atoms with Gasteiger partial charge in [0.05, 0.1) is 18.0 Å². The van der Waals surface area contributed by atoms with Crippen molar-refractivity contribution in [3.8, 4) is 11.4 Å². The molecule has 7 heteroatoms. The number of anilines is 1. The van der Waals surface area contributed by atoms with Crippen LogP contribution in [0.1, 0.15) is 19.4 Å². The van der Waals surface area contributed by atoms with E-state index in [0.29, 0.717) is 5.16 Å². The molecule has 2 heterocycles. The quantitative estimate of drug-likeness (QED) is 0.617. The number of benzene rings is 2. The van der Waals surface area contributed by atoms with Crippen LogP contribution in [-0.4, -0.2) is 39.1 Å². The molecule has 144 valence electrons. The summed E-state index contributed by atoms with van der Waals surface area (Å²) in [6, 6.07) is 15.9. The lowest BCUT2D eigenvalue weighted by Crippen LogP contribution is -2.40. The van der Waals surface area contributed by atoms with Crippen molar-refractivity contribution in [3.05, 3.63) is 60.4 Å². The number of thioether (sulfide) groups is 1. The van der Waals surface area contributed by atoms with E-state index in [-0.39, 0.29) is 17.2 Å². The number of ether oxygens (including phenoxy) is 1. The molecule has 1 aliphatic rings. The highest BCUT2D eigenvalue weighted by Crippen LogP contribution is 2.35. The number of aromatic nitrogens is 3. The van der Waals surface area contributed by atoms with Crippen LogP contribution in [0.25, 0.3) is 5.69 Å². The predicted octanol–water partition coefficient (Wildman–Crippen LogP) is 3.73. The van der Waals surface area contributed by atoms with Crippen LogP contribution >= 0.6 is 11.8 Å². The van der Waals surface area contributed by atoms with E-state index in [0.717, 1.165) is 23.5 Å². The lowest BCUT2D eigenvalue weighted by atomic mass is 10.1. The molecular formula is C21H22N4O2S. The second kappa shape index (κ2) is 7.67. The molecule has 0 saturated heterocycles. The van der Waals surface area contributed by atoms with Gasteiger partial charge in [-0.05, 0) is 44.0 Å². The van der Waals surface area contributed by atoms with Crippen molar-refractivity contribution in [2.24, 2.45) is 0 Å². The fourth-order valence-corrected chi connectivity index (χ4v) is 4.49. The van der Waals surface area contributed by atoms with Crippen molar-refractivity contribution in [2.75, 3.05) is 12.0 Å².